The van der Waals surface area contributed by atoms with E-state index in [0.717, 1.165) is 67.7 Å². The third-order valence-corrected chi connectivity index (χ3v) is 15.1. The van der Waals surface area contributed by atoms with Crippen LogP contribution in [0.5, 0.6) is 11.5 Å². The molecule has 6 unspecified atom stereocenters. The number of hydrogen-bond acceptors (Lipinski definition) is 7. The molecule has 9 nitrogen and oxygen atoms in total. The van der Waals surface area contributed by atoms with Crippen LogP contribution in [0.4, 0.5) is 4.79 Å². The zero-order chi connectivity index (χ0) is 40.3. The summed E-state index contributed by atoms with van der Waals surface area (Å²) >= 11 is 0. The van der Waals surface area contributed by atoms with Crippen LogP contribution in [0.1, 0.15) is 101 Å². The quantitative estimate of drug-likeness (QED) is 0.160. The highest BCUT2D eigenvalue weighted by molar-refractivity contribution is 5.85. The standard InChI is InChI=1S/C49H59N5O4/c1-30(2)38-26-39(44(56)27-43(38)55)46-45(31(3)51-52-46)33-10-8-32(9-11-33)29-53-21-23-54(24-22-53)47(57)58-36-16-18-48(4)35(25-36)12-13-37-41-15-14-40(34-7-6-20-50-28-34)49(41,5)19-17-42(37)48/h6-12,14,20,26-28,30,36-37,41-42,55-56H,13,15-19,21-25,29H2,1-5H3,(H,51,52). The van der Waals surface area contributed by atoms with Crippen LogP contribution < -0.4 is 0 Å². The number of piperazine rings is 1. The molecule has 0 spiro atoms. The lowest BCUT2D eigenvalue weighted by Gasteiger charge is -2.58. The number of phenols is 2. The smallest absolute Gasteiger partial charge is 0.410 e. The summed E-state index contributed by atoms with van der Waals surface area (Å²) in [7, 11) is 0. The number of benzene rings is 2. The van der Waals surface area contributed by atoms with Gasteiger partial charge in [0.25, 0.3) is 0 Å². The molecule has 1 aliphatic heterocycles. The first kappa shape index (κ1) is 38.6. The Balaban J connectivity index is 0.784. The molecule has 3 N–H and O–H groups in total. The van der Waals surface area contributed by atoms with Gasteiger partial charge in [0.1, 0.15) is 23.3 Å². The van der Waals surface area contributed by atoms with E-state index >= 15 is 0 Å². The molecule has 2 aromatic heterocycles. The lowest BCUT2D eigenvalue weighted by molar-refractivity contribution is -0.0307. The van der Waals surface area contributed by atoms with Crippen molar-refractivity contribution in [3.63, 3.8) is 0 Å². The number of nitrogens with one attached hydrogen (secondary N) is 1. The molecule has 9 rings (SSSR count). The van der Waals surface area contributed by atoms with Crippen LogP contribution in [0.15, 0.2) is 78.6 Å². The molecule has 5 aliphatic rings. The minimum Gasteiger partial charge on any atom is -0.508 e. The summed E-state index contributed by atoms with van der Waals surface area (Å²) in [5, 5.41) is 28.8. The first-order valence-electron chi connectivity index (χ1n) is 21.6. The number of fused-ring (bicyclic) bond motifs is 5. The number of pyridine rings is 1. The van der Waals surface area contributed by atoms with Crippen LogP contribution in [0, 0.1) is 35.5 Å². The summed E-state index contributed by atoms with van der Waals surface area (Å²) in [5.41, 5.74) is 10.8. The fourth-order valence-electron chi connectivity index (χ4n) is 11.8. The van der Waals surface area contributed by atoms with E-state index in [-0.39, 0.29) is 40.4 Å². The Morgan fingerprint density at radius 3 is 2.45 bits per heavy atom. The number of amides is 1. The van der Waals surface area contributed by atoms with Gasteiger partial charge in [-0.15, -0.1) is 0 Å². The predicted molar refractivity (Wildman–Crippen MR) is 228 cm³/mol. The van der Waals surface area contributed by atoms with Gasteiger partial charge in [0, 0.05) is 74.4 Å². The van der Waals surface area contributed by atoms with Crippen molar-refractivity contribution >= 4 is 11.7 Å². The number of H-pyrrole nitrogens is 1. The van der Waals surface area contributed by atoms with Crippen molar-refractivity contribution in [2.75, 3.05) is 26.2 Å². The fourth-order valence-corrected chi connectivity index (χ4v) is 11.8. The summed E-state index contributed by atoms with van der Waals surface area (Å²) < 4.78 is 6.27. The number of nitrogens with zero attached hydrogens (tertiary/aromatic N) is 4. The predicted octanol–water partition coefficient (Wildman–Crippen LogP) is 10.3. The molecule has 6 atom stereocenters. The topological polar surface area (TPSA) is 115 Å². The van der Waals surface area contributed by atoms with Gasteiger partial charge in [0.15, 0.2) is 0 Å². The molecule has 2 saturated carbocycles. The first-order chi connectivity index (χ1) is 27.9. The van der Waals surface area contributed by atoms with Crippen molar-refractivity contribution in [1.82, 2.24) is 25.0 Å². The van der Waals surface area contributed by atoms with Gasteiger partial charge in [-0.25, -0.2) is 4.79 Å². The molecule has 58 heavy (non-hydrogen) atoms. The summed E-state index contributed by atoms with van der Waals surface area (Å²) in [5.74, 6) is 2.25. The van der Waals surface area contributed by atoms with Crippen molar-refractivity contribution in [2.24, 2.45) is 28.6 Å². The second-order valence-electron chi connectivity index (χ2n) is 18.7. The molecule has 4 aliphatic carbocycles. The van der Waals surface area contributed by atoms with Crippen molar-refractivity contribution in [1.29, 1.82) is 0 Å². The Bertz CT molecular complexity index is 2240. The Kier molecular flexibility index (Phi) is 10.0. The molecule has 9 heteroatoms. The Labute approximate surface area is 343 Å². The fraction of sp³-hybridized carbons (Fsp3) is 0.490. The lowest BCUT2D eigenvalue weighted by atomic mass is 9.47. The highest BCUT2D eigenvalue weighted by Gasteiger charge is 2.57. The van der Waals surface area contributed by atoms with Gasteiger partial charge >= 0.3 is 6.09 Å². The minimum absolute atomic E-state index is 0.000896. The molecule has 0 radical (unpaired) electrons. The van der Waals surface area contributed by atoms with Crippen molar-refractivity contribution in [2.45, 2.75) is 98.1 Å². The Morgan fingerprint density at radius 1 is 0.931 bits per heavy atom. The van der Waals surface area contributed by atoms with Crippen LogP contribution in [0.25, 0.3) is 28.0 Å². The number of hydrogen-bond donors (Lipinski definition) is 3. The maximum atomic E-state index is 13.5. The van der Waals surface area contributed by atoms with Crippen LogP contribution >= 0.6 is 0 Å². The Hall–Kier alpha value is -4.89. The van der Waals surface area contributed by atoms with Crippen LogP contribution in [0.2, 0.25) is 0 Å². The second kappa shape index (κ2) is 15.0. The van der Waals surface area contributed by atoms with Crippen molar-refractivity contribution in [3.8, 4) is 33.9 Å². The number of carbonyl (C=O) groups is 1. The van der Waals surface area contributed by atoms with E-state index in [1.165, 1.54) is 47.6 Å². The number of rotatable bonds is 7. The maximum absolute atomic E-state index is 13.5. The van der Waals surface area contributed by atoms with E-state index in [1.807, 2.05) is 44.1 Å². The molecule has 2 aromatic carbocycles. The molecule has 0 bridgehead atoms. The van der Waals surface area contributed by atoms with Gasteiger partial charge in [0.2, 0.25) is 0 Å². The number of aryl methyl sites for hydroxylation is 1. The van der Waals surface area contributed by atoms with E-state index < -0.39 is 0 Å². The molecular weight excluding hydrogens is 723 g/mol. The molecule has 3 fully saturated rings. The van der Waals surface area contributed by atoms with Gasteiger partial charge < -0.3 is 19.8 Å². The molecule has 1 saturated heterocycles. The largest absolute Gasteiger partial charge is 0.508 e. The van der Waals surface area contributed by atoms with E-state index in [1.54, 1.807) is 0 Å². The van der Waals surface area contributed by atoms with E-state index in [2.05, 4.69) is 82.5 Å². The highest BCUT2D eigenvalue weighted by Crippen LogP contribution is 2.66. The average molecular weight is 782 g/mol. The van der Waals surface area contributed by atoms with Gasteiger partial charge in [-0.1, -0.05) is 75.8 Å². The zero-order valence-corrected chi connectivity index (χ0v) is 34.8. The number of ether oxygens (including phenoxy) is 1. The Morgan fingerprint density at radius 2 is 1.71 bits per heavy atom. The monoisotopic (exact) mass is 781 g/mol. The van der Waals surface area contributed by atoms with E-state index in [0.29, 0.717) is 42.1 Å². The van der Waals surface area contributed by atoms with Gasteiger partial charge in [-0.2, -0.15) is 5.10 Å². The number of phenolic OH excluding ortho intramolecular Hbond substituents is 2. The highest BCUT2D eigenvalue weighted by atomic mass is 16.6. The summed E-state index contributed by atoms with van der Waals surface area (Å²) in [4.78, 5) is 22.3. The summed E-state index contributed by atoms with van der Waals surface area (Å²) in [6.45, 7) is 14.8. The van der Waals surface area contributed by atoms with E-state index in [4.69, 9.17) is 4.74 Å². The summed E-state index contributed by atoms with van der Waals surface area (Å²) in [6, 6.07) is 16.1. The third kappa shape index (κ3) is 6.73. The van der Waals surface area contributed by atoms with Gasteiger partial charge in [-0.05, 0) is 120 Å². The average Bonchev–Trinajstić information content (AvgIpc) is 3.78. The normalized spacial score (nSPS) is 28.3. The molecule has 3 heterocycles. The SMILES string of the molecule is Cc1[nH]nc(-c2cc(C(C)C)c(O)cc2O)c1-c1ccc(CN2CCN(C(=O)OC3CCC4(C)C(=CCC5C4CCC4(C)C(c6cccnc6)=CCC54)C3)CC2)cc1. The number of aromatic nitrogens is 3. The van der Waals surface area contributed by atoms with Gasteiger partial charge in [0.05, 0.1) is 0 Å². The maximum Gasteiger partial charge on any atom is 0.410 e. The van der Waals surface area contributed by atoms with Gasteiger partial charge in [-0.3, -0.25) is 15.0 Å². The molecule has 304 valence electrons. The van der Waals surface area contributed by atoms with Crippen molar-refractivity contribution < 1.29 is 19.7 Å². The number of carbonyl (C=O) groups excluding carboxylic acids is 1. The summed E-state index contributed by atoms with van der Waals surface area (Å²) in [6.07, 6.45) is 16.5. The van der Waals surface area contributed by atoms with Crippen LogP contribution in [-0.4, -0.2) is 73.6 Å². The number of aromatic hydroxyl groups is 2. The first-order valence-corrected chi connectivity index (χ1v) is 21.6. The van der Waals surface area contributed by atoms with E-state index in [9.17, 15) is 15.0 Å². The second-order valence-corrected chi connectivity index (χ2v) is 18.7. The third-order valence-electron chi connectivity index (χ3n) is 15.1. The minimum atomic E-state index is -0.160. The van der Waals surface area contributed by atoms with Crippen LogP contribution in [0.3, 0.4) is 0 Å². The molecule has 1 amide bonds. The zero-order valence-electron chi connectivity index (χ0n) is 34.8. The molecular formula is C49H59N5O4. The number of aromatic amines is 1. The lowest BCUT2D eigenvalue weighted by Crippen LogP contribution is -2.51. The molecule has 4 aromatic rings. The van der Waals surface area contributed by atoms with Crippen molar-refractivity contribution in [3.05, 3.63) is 101 Å². The number of allylic oxidation sites excluding steroid dienone is 3. The van der Waals surface area contributed by atoms with Crippen LogP contribution in [-0.2, 0) is 11.3 Å².